The second kappa shape index (κ2) is 8.09. The van der Waals surface area contributed by atoms with E-state index in [0.29, 0.717) is 17.1 Å². The van der Waals surface area contributed by atoms with Crippen molar-refractivity contribution in [3.05, 3.63) is 96.6 Å². The fourth-order valence-electron chi connectivity index (χ4n) is 2.47. The van der Waals surface area contributed by atoms with E-state index in [9.17, 15) is 4.79 Å². The first-order chi connectivity index (χ1) is 12.7. The molecule has 0 aliphatic heterocycles. The lowest BCUT2D eigenvalue weighted by Crippen LogP contribution is -2.45. The average molecular weight is 344 g/mol. The van der Waals surface area contributed by atoms with E-state index in [0.717, 1.165) is 10.6 Å². The number of hydrogen-bond donors (Lipinski definition) is 1. The summed E-state index contributed by atoms with van der Waals surface area (Å²) in [6, 6.07) is 27.6. The molecular weight excluding hydrogens is 324 g/mol. The molecule has 3 aromatic carbocycles. The summed E-state index contributed by atoms with van der Waals surface area (Å²) in [5.74, 6) is 6.06. The Hall–Kier alpha value is -3.44. The molecule has 26 heavy (non-hydrogen) atoms. The van der Waals surface area contributed by atoms with Gasteiger partial charge in [-0.05, 0) is 36.8 Å². The van der Waals surface area contributed by atoms with E-state index in [-0.39, 0.29) is 0 Å². The third kappa shape index (κ3) is 3.96. The molecule has 0 fully saturated rings. The Morgan fingerprint density at radius 2 is 1.23 bits per heavy atom. The van der Waals surface area contributed by atoms with Gasteiger partial charge in [0.25, 0.3) is 0 Å². The lowest BCUT2D eigenvalue weighted by Gasteiger charge is -2.24. The number of amides is 2. The van der Waals surface area contributed by atoms with Crippen LogP contribution in [-0.4, -0.2) is 11.7 Å². The zero-order chi connectivity index (χ0) is 18.4. The van der Waals surface area contributed by atoms with Crippen LogP contribution in [0.4, 0.5) is 16.2 Å². The number of para-hydroxylation sites is 2. The third-order valence-corrected chi connectivity index (χ3v) is 3.86. The molecule has 3 rings (SSSR count). The molecule has 0 bridgehead atoms. The molecule has 0 atom stereocenters. The number of hydrazone groups is 1. The molecule has 0 heterocycles. The Labute approximate surface area is 152 Å². The maximum absolute atomic E-state index is 13.0. The predicted molar refractivity (Wildman–Crippen MR) is 106 cm³/mol. The van der Waals surface area contributed by atoms with Gasteiger partial charge >= 0.3 is 6.03 Å². The summed E-state index contributed by atoms with van der Waals surface area (Å²) in [5.41, 5.74) is 2.87. The molecule has 0 radical (unpaired) electrons. The van der Waals surface area contributed by atoms with Crippen molar-refractivity contribution in [1.82, 2.24) is 0 Å². The highest BCUT2D eigenvalue weighted by Crippen LogP contribution is 2.19. The zero-order valence-corrected chi connectivity index (χ0v) is 14.5. The number of carbonyl (C=O) groups excluding carboxylic acids is 1. The highest BCUT2D eigenvalue weighted by Gasteiger charge is 2.21. The van der Waals surface area contributed by atoms with Crippen molar-refractivity contribution in [2.45, 2.75) is 6.92 Å². The van der Waals surface area contributed by atoms with Crippen LogP contribution in [0.1, 0.15) is 12.5 Å². The molecule has 0 spiro atoms. The van der Waals surface area contributed by atoms with Crippen LogP contribution in [-0.2, 0) is 0 Å². The second-order valence-electron chi connectivity index (χ2n) is 5.69. The van der Waals surface area contributed by atoms with Crippen molar-refractivity contribution in [3.63, 3.8) is 0 Å². The minimum Gasteiger partial charge on any atom is -0.244 e. The van der Waals surface area contributed by atoms with Crippen LogP contribution in [0, 0.1) is 0 Å². The largest absolute Gasteiger partial charge is 0.364 e. The van der Waals surface area contributed by atoms with Crippen molar-refractivity contribution in [2.75, 3.05) is 10.0 Å². The summed E-state index contributed by atoms with van der Waals surface area (Å²) in [4.78, 5) is 13.0. The van der Waals surface area contributed by atoms with Gasteiger partial charge in [-0.1, -0.05) is 66.7 Å². The van der Waals surface area contributed by atoms with Gasteiger partial charge in [-0.3, -0.25) is 0 Å². The Bertz CT molecular complexity index is 880. The van der Waals surface area contributed by atoms with Gasteiger partial charge in [-0.25, -0.2) is 15.6 Å². The number of nitrogens with two attached hydrogens (primary N) is 1. The smallest absolute Gasteiger partial charge is 0.244 e. The second-order valence-corrected chi connectivity index (χ2v) is 5.69. The monoisotopic (exact) mass is 344 g/mol. The minimum atomic E-state index is -0.447. The Kier molecular flexibility index (Phi) is 5.41. The molecule has 130 valence electrons. The number of hydrazine groups is 1. The van der Waals surface area contributed by atoms with Crippen LogP contribution >= 0.6 is 0 Å². The number of benzene rings is 3. The van der Waals surface area contributed by atoms with E-state index >= 15 is 0 Å². The van der Waals surface area contributed by atoms with Crippen molar-refractivity contribution in [2.24, 2.45) is 10.9 Å². The normalized spacial score (nSPS) is 11.1. The molecule has 0 saturated carbocycles. The van der Waals surface area contributed by atoms with E-state index in [1.165, 1.54) is 5.01 Å². The van der Waals surface area contributed by atoms with Crippen LogP contribution < -0.4 is 15.9 Å². The summed E-state index contributed by atoms with van der Waals surface area (Å²) in [5, 5.41) is 6.95. The van der Waals surface area contributed by atoms with Crippen LogP contribution in [0.15, 0.2) is 96.1 Å². The fraction of sp³-hybridized carbons (Fsp3) is 0.0476. The van der Waals surface area contributed by atoms with E-state index < -0.39 is 6.03 Å². The van der Waals surface area contributed by atoms with E-state index in [1.807, 2.05) is 85.8 Å². The maximum Gasteiger partial charge on any atom is 0.364 e. The predicted octanol–water partition coefficient (Wildman–Crippen LogP) is 4.42. The summed E-state index contributed by atoms with van der Waals surface area (Å²) < 4.78 is 0. The molecule has 0 aliphatic rings. The molecule has 2 amide bonds. The molecule has 0 aromatic heterocycles. The lowest BCUT2D eigenvalue weighted by molar-refractivity contribution is 0.251. The highest BCUT2D eigenvalue weighted by atomic mass is 16.2. The van der Waals surface area contributed by atoms with E-state index in [2.05, 4.69) is 5.10 Å². The summed E-state index contributed by atoms with van der Waals surface area (Å²) in [6.07, 6.45) is 0. The number of hydrogen-bond acceptors (Lipinski definition) is 3. The molecule has 0 unspecified atom stereocenters. The zero-order valence-electron chi connectivity index (χ0n) is 14.5. The summed E-state index contributed by atoms with van der Waals surface area (Å²) in [6.45, 7) is 1.86. The SMILES string of the molecule is C/C(=N\N(C(=O)N(N)c1ccccc1)c1ccccc1)c1ccccc1. The standard InChI is InChI=1S/C21H20N4O/c1-17(18-11-5-2-6-12-18)23-25(20-15-9-4-10-16-20)21(26)24(22)19-13-7-3-8-14-19/h2-16H,22H2,1H3/b23-17+. The van der Waals surface area contributed by atoms with Crippen LogP contribution in [0.25, 0.3) is 0 Å². The topological polar surface area (TPSA) is 61.9 Å². The van der Waals surface area contributed by atoms with Gasteiger partial charge in [0.1, 0.15) is 0 Å². The van der Waals surface area contributed by atoms with E-state index in [1.54, 1.807) is 12.1 Å². The number of anilines is 2. The first-order valence-electron chi connectivity index (χ1n) is 8.26. The molecular formula is C21H20N4O. The molecule has 5 heteroatoms. The van der Waals surface area contributed by atoms with Crippen LogP contribution in [0.2, 0.25) is 0 Å². The van der Waals surface area contributed by atoms with Crippen molar-refractivity contribution >= 4 is 23.1 Å². The summed E-state index contributed by atoms with van der Waals surface area (Å²) in [7, 11) is 0. The van der Waals surface area contributed by atoms with Gasteiger partial charge in [0, 0.05) is 0 Å². The third-order valence-electron chi connectivity index (χ3n) is 3.86. The van der Waals surface area contributed by atoms with Crippen LogP contribution in [0.3, 0.4) is 0 Å². The van der Waals surface area contributed by atoms with E-state index in [4.69, 9.17) is 5.84 Å². The number of rotatable bonds is 4. The van der Waals surface area contributed by atoms with Gasteiger partial charge in [-0.2, -0.15) is 10.1 Å². The minimum absolute atomic E-state index is 0.447. The molecule has 0 saturated heterocycles. The van der Waals surface area contributed by atoms with Gasteiger partial charge in [-0.15, -0.1) is 0 Å². The number of urea groups is 1. The average Bonchev–Trinajstić information content (AvgIpc) is 2.72. The fourth-order valence-corrected chi connectivity index (χ4v) is 2.47. The Morgan fingerprint density at radius 1 is 0.769 bits per heavy atom. The highest BCUT2D eigenvalue weighted by molar-refractivity contribution is 6.06. The summed E-state index contributed by atoms with van der Waals surface area (Å²) >= 11 is 0. The van der Waals surface area contributed by atoms with Crippen molar-refractivity contribution < 1.29 is 4.79 Å². The Morgan fingerprint density at radius 3 is 1.77 bits per heavy atom. The van der Waals surface area contributed by atoms with Crippen LogP contribution in [0.5, 0.6) is 0 Å². The number of carbonyl (C=O) groups is 1. The van der Waals surface area contributed by atoms with Crippen molar-refractivity contribution in [1.29, 1.82) is 0 Å². The van der Waals surface area contributed by atoms with Gasteiger partial charge < -0.3 is 0 Å². The van der Waals surface area contributed by atoms with Gasteiger partial charge in [0.05, 0.1) is 17.1 Å². The molecule has 0 aliphatic carbocycles. The first kappa shape index (κ1) is 17.4. The van der Waals surface area contributed by atoms with Crippen molar-refractivity contribution in [3.8, 4) is 0 Å². The molecule has 2 N–H and O–H groups in total. The molecule has 5 nitrogen and oxygen atoms in total. The molecule has 3 aromatic rings. The lowest BCUT2D eigenvalue weighted by atomic mass is 10.1. The Balaban J connectivity index is 1.98. The number of nitrogens with zero attached hydrogens (tertiary/aromatic N) is 3. The van der Waals surface area contributed by atoms with Gasteiger partial charge in [0.15, 0.2) is 0 Å². The maximum atomic E-state index is 13.0. The first-order valence-corrected chi connectivity index (χ1v) is 8.26. The quantitative estimate of drug-likeness (QED) is 0.330. The van der Waals surface area contributed by atoms with Gasteiger partial charge in [0.2, 0.25) is 0 Å².